The molecular weight excluding hydrogens is 542 g/mol. The zero-order valence-corrected chi connectivity index (χ0v) is 21.8. The maximum Gasteiger partial charge on any atom is 0.417 e. The summed E-state index contributed by atoms with van der Waals surface area (Å²) in [5.41, 5.74) is -1.05. The van der Waals surface area contributed by atoms with Gasteiger partial charge in [0.25, 0.3) is 5.91 Å². The van der Waals surface area contributed by atoms with Crippen molar-refractivity contribution < 1.29 is 41.0 Å². The van der Waals surface area contributed by atoms with Gasteiger partial charge in [-0.25, -0.2) is 0 Å². The van der Waals surface area contributed by atoms with E-state index < -0.39 is 48.3 Å². The van der Waals surface area contributed by atoms with Crippen molar-refractivity contribution >= 4 is 11.9 Å². The number of nitrogens with zero attached hydrogens (tertiary/aromatic N) is 3. The topological polar surface area (TPSA) is 87.5 Å². The maximum atomic E-state index is 13.8. The summed E-state index contributed by atoms with van der Waals surface area (Å²) >= 11 is 0. The van der Waals surface area contributed by atoms with Crippen LogP contribution in [-0.2, 0) is 11.0 Å². The van der Waals surface area contributed by atoms with Gasteiger partial charge in [0.1, 0.15) is 6.04 Å². The Labute approximate surface area is 227 Å². The highest BCUT2D eigenvalue weighted by atomic mass is 19.4. The van der Waals surface area contributed by atoms with Gasteiger partial charge in [-0.15, -0.1) is 0 Å². The average Bonchev–Trinajstić information content (AvgIpc) is 3.56. The van der Waals surface area contributed by atoms with Gasteiger partial charge in [-0.3, -0.25) is 19.2 Å². The number of hydrogen-bond acceptors (Lipinski definition) is 4. The van der Waals surface area contributed by atoms with Crippen molar-refractivity contribution in [3.8, 4) is 11.3 Å². The first-order valence-electron chi connectivity index (χ1n) is 13.4. The molecule has 1 aliphatic heterocycles. The highest BCUT2D eigenvalue weighted by Gasteiger charge is 2.44. The Morgan fingerprint density at radius 3 is 2.35 bits per heavy atom. The molecule has 0 bridgehead atoms. The summed E-state index contributed by atoms with van der Waals surface area (Å²) in [6, 6.07) is 3.46. The summed E-state index contributed by atoms with van der Waals surface area (Å²) in [5.74, 6) is -2.03. The minimum absolute atomic E-state index is 0.0414. The van der Waals surface area contributed by atoms with Gasteiger partial charge in [-0.1, -0.05) is 37.5 Å². The van der Waals surface area contributed by atoms with Crippen molar-refractivity contribution in [2.24, 2.45) is 0 Å². The van der Waals surface area contributed by atoms with E-state index in [0.717, 1.165) is 18.9 Å². The maximum absolute atomic E-state index is 13.8. The van der Waals surface area contributed by atoms with Crippen LogP contribution in [0.1, 0.15) is 79.9 Å². The molecule has 2 atom stereocenters. The molecule has 1 aromatic heterocycles. The van der Waals surface area contributed by atoms with Crippen molar-refractivity contribution in [2.45, 2.75) is 88.3 Å². The first-order valence-corrected chi connectivity index (χ1v) is 13.4. The molecule has 2 fully saturated rings. The Hall–Kier alpha value is -3.09. The average molecular weight is 575 g/mol. The van der Waals surface area contributed by atoms with Crippen LogP contribution < -0.4 is 5.32 Å². The molecule has 1 amide bonds. The van der Waals surface area contributed by atoms with E-state index in [1.54, 1.807) is 0 Å². The largest absolute Gasteiger partial charge is 0.481 e. The SMILES string of the molecule is O=C(O)C[C@H](CCN1CCCC[C@H]1C(F)(F)F)NC(=O)c1cc(-c2ccccc2C(F)(F)F)n(C2CCCC2)n1. The minimum Gasteiger partial charge on any atom is -0.481 e. The highest BCUT2D eigenvalue weighted by Crippen LogP contribution is 2.40. The van der Waals surface area contributed by atoms with Gasteiger partial charge in [0.15, 0.2) is 5.69 Å². The van der Waals surface area contributed by atoms with Gasteiger partial charge >= 0.3 is 18.3 Å². The molecular formula is C27H32F6N4O3. The Bertz CT molecular complexity index is 1190. The number of carbonyl (C=O) groups is 2. The summed E-state index contributed by atoms with van der Waals surface area (Å²) in [4.78, 5) is 26.0. The van der Waals surface area contributed by atoms with Crippen LogP contribution in [0.4, 0.5) is 26.3 Å². The number of likely N-dealkylation sites (tertiary alicyclic amines) is 1. The Balaban J connectivity index is 1.57. The number of carbonyl (C=O) groups excluding carboxylic acids is 1. The molecule has 0 unspecified atom stereocenters. The molecule has 1 saturated heterocycles. The van der Waals surface area contributed by atoms with E-state index in [9.17, 15) is 41.0 Å². The highest BCUT2D eigenvalue weighted by molar-refractivity contribution is 5.94. The van der Waals surface area contributed by atoms with Crippen LogP contribution in [0.15, 0.2) is 30.3 Å². The number of carboxylic acid groups (broad SMARTS) is 1. The molecule has 220 valence electrons. The molecule has 1 saturated carbocycles. The second-order valence-corrected chi connectivity index (χ2v) is 10.5. The van der Waals surface area contributed by atoms with E-state index in [0.29, 0.717) is 25.7 Å². The zero-order valence-electron chi connectivity index (χ0n) is 21.8. The summed E-state index contributed by atoms with van der Waals surface area (Å²) in [5, 5.41) is 16.3. The number of hydrogen-bond donors (Lipinski definition) is 2. The van der Waals surface area contributed by atoms with Crippen LogP contribution in [0.3, 0.4) is 0 Å². The molecule has 1 aliphatic carbocycles. The number of piperidine rings is 1. The standard InChI is InChI=1S/C27H32F6N4O3/c28-26(29,30)20-10-4-3-9-19(20)22-16-21(35-37(22)18-7-1-2-8-18)25(40)34-17(15-24(38)39)12-14-36-13-6-5-11-23(36)27(31,32)33/h3-4,9-10,16-18,23H,1-2,5-8,11-15H2,(H,34,40)(H,38,39)/t17-,23-/m0/s1. The number of halogens is 6. The molecule has 2 N–H and O–H groups in total. The minimum atomic E-state index is -4.64. The summed E-state index contributed by atoms with van der Waals surface area (Å²) < 4.78 is 83.3. The van der Waals surface area contributed by atoms with Crippen LogP contribution >= 0.6 is 0 Å². The summed E-state index contributed by atoms with van der Waals surface area (Å²) in [6.45, 7) is 0.148. The second-order valence-electron chi connectivity index (χ2n) is 10.5. The van der Waals surface area contributed by atoms with Crippen molar-refractivity contribution in [1.82, 2.24) is 20.0 Å². The number of alkyl halides is 6. The molecule has 1 aromatic carbocycles. The number of amides is 1. The fraction of sp³-hybridized carbons (Fsp3) is 0.593. The molecule has 0 spiro atoms. The third kappa shape index (κ3) is 7.15. The number of nitrogens with one attached hydrogen (secondary N) is 1. The molecule has 4 rings (SSSR count). The van der Waals surface area contributed by atoms with Crippen molar-refractivity contribution in [3.63, 3.8) is 0 Å². The van der Waals surface area contributed by atoms with E-state index in [4.69, 9.17) is 0 Å². The normalized spacial score (nSPS) is 20.0. The second kappa shape index (κ2) is 12.2. The van der Waals surface area contributed by atoms with E-state index in [1.807, 2.05) is 0 Å². The summed E-state index contributed by atoms with van der Waals surface area (Å²) in [6.07, 6.45) is -5.54. The molecule has 0 radical (unpaired) electrons. The Kier molecular flexibility index (Phi) is 9.11. The monoisotopic (exact) mass is 574 g/mol. The van der Waals surface area contributed by atoms with E-state index in [2.05, 4.69) is 10.4 Å². The van der Waals surface area contributed by atoms with Crippen LogP contribution in [0.5, 0.6) is 0 Å². The zero-order chi connectivity index (χ0) is 29.1. The Morgan fingerprint density at radius 2 is 1.70 bits per heavy atom. The lowest BCUT2D eigenvalue weighted by Gasteiger charge is -2.37. The van der Waals surface area contributed by atoms with Crippen LogP contribution in [-0.4, -0.2) is 63.0 Å². The number of aliphatic carboxylic acids is 1. The third-order valence-electron chi connectivity index (χ3n) is 7.66. The number of aromatic nitrogens is 2. The summed E-state index contributed by atoms with van der Waals surface area (Å²) in [7, 11) is 0. The van der Waals surface area contributed by atoms with Gasteiger partial charge in [0.05, 0.1) is 23.7 Å². The number of benzene rings is 1. The first kappa shape index (κ1) is 29.9. The van der Waals surface area contributed by atoms with E-state index in [1.165, 1.54) is 33.8 Å². The third-order valence-corrected chi connectivity index (χ3v) is 7.66. The first-order chi connectivity index (χ1) is 18.8. The van der Waals surface area contributed by atoms with Gasteiger partial charge < -0.3 is 10.4 Å². The van der Waals surface area contributed by atoms with Crippen molar-refractivity contribution in [2.75, 3.05) is 13.1 Å². The number of carboxylic acids is 1. The van der Waals surface area contributed by atoms with Crippen LogP contribution in [0.2, 0.25) is 0 Å². The van der Waals surface area contributed by atoms with Crippen molar-refractivity contribution in [1.29, 1.82) is 0 Å². The van der Waals surface area contributed by atoms with Crippen LogP contribution in [0.25, 0.3) is 11.3 Å². The van der Waals surface area contributed by atoms with E-state index in [-0.39, 0.29) is 48.9 Å². The molecule has 2 heterocycles. The van der Waals surface area contributed by atoms with Crippen LogP contribution in [0, 0.1) is 0 Å². The van der Waals surface area contributed by atoms with Gasteiger partial charge in [0, 0.05) is 18.2 Å². The lowest BCUT2D eigenvalue weighted by molar-refractivity contribution is -0.191. The fourth-order valence-electron chi connectivity index (χ4n) is 5.73. The van der Waals surface area contributed by atoms with Gasteiger partial charge in [-0.05, 0) is 50.8 Å². The number of rotatable bonds is 9. The lowest BCUT2D eigenvalue weighted by Crippen LogP contribution is -2.50. The van der Waals surface area contributed by atoms with E-state index >= 15 is 0 Å². The molecule has 7 nitrogen and oxygen atoms in total. The van der Waals surface area contributed by atoms with Crippen molar-refractivity contribution in [3.05, 3.63) is 41.6 Å². The Morgan fingerprint density at radius 1 is 1.02 bits per heavy atom. The quantitative estimate of drug-likeness (QED) is 0.356. The van der Waals surface area contributed by atoms with Gasteiger partial charge in [-0.2, -0.15) is 31.4 Å². The van der Waals surface area contributed by atoms with Gasteiger partial charge in [0.2, 0.25) is 0 Å². The molecule has 2 aliphatic rings. The smallest absolute Gasteiger partial charge is 0.417 e. The predicted octanol–water partition coefficient (Wildman–Crippen LogP) is 6.06. The molecule has 13 heteroatoms. The lowest BCUT2D eigenvalue weighted by atomic mass is 10.00. The molecule has 40 heavy (non-hydrogen) atoms. The molecule has 2 aromatic rings. The fourth-order valence-corrected chi connectivity index (χ4v) is 5.73. The predicted molar refractivity (Wildman–Crippen MR) is 134 cm³/mol.